The first-order valence-corrected chi connectivity index (χ1v) is 14.5. The van der Waals surface area contributed by atoms with Crippen LogP contribution >= 0.6 is 11.6 Å². The van der Waals surface area contributed by atoms with E-state index in [4.69, 9.17) is 21.1 Å². The third-order valence-corrected chi connectivity index (χ3v) is 7.90. The predicted molar refractivity (Wildman–Crippen MR) is 173 cm³/mol. The molecule has 0 radical (unpaired) electrons. The molecule has 4 aromatic carbocycles. The fourth-order valence-corrected chi connectivity index (χ4v) is 5.61. The lowest BCUT2D eigenvalue weighted by Crippen LogP contribution is -2.25. The maximum atomic E-state index is 14.1. The summed E-state index contributed by atoms with van der Waals surface area (Å²) in [5, 5.41) is 6.88. The molecule has 6 rings (SSSR count). The third kappa shape index (κ3) is 5.61. The molecule has 0 bridgehead atoms. The topological polar surface area (TPSA) is 111 Å². The highest BCUT2D eigenvalue weighted by Gasteiger charge is 2.31. The average molecular weight is 621 g/mol. The molecule has 0 atom stereocenters. The van der Waals surface area contributed by atoms with Crippen molar-refractivity contribution in [3.05, 3.63) is 163 Å². The first-order valence-electron chi connectivity index (χ1n) is 14.2. The van der Waals surface area contributed by atoms with Gasteiger partial charge >= 0.3 is 5.97 Å². The van der Waals surface area contributed by atoms with Gasteiger partial charge in [-0.1, -0.05) is 54.1 Å². The Morgan fingerprint density at radius 1 is 0.711 bits per heavy atom. The molecule has 2 aromatic heterocycles. The van der Waals surface area contributed by atoms with E-state index in [1.54, 1.807) is 56.3 Å². The number of H-pyrrole nitrogens is 2. The van der Waals surface area contributed by atoms with Crippen molar-refractivity contribution in [3.8, 4) is 22.9 Å². The lowest BCUT2D eigenvalue weighted by atomic mass is 9.85. The summed E-state index contributed by atoms with van der Waals surface area (Å²) in [6.07, 6.45) is 0. The van der Waals surface area contributed by atoms with E-state index in [0.29, 0.717) is 50.0 Å². The summed E-state index contributed by atoms with van der Waals surface area (Å²) in [6.45, 7) is 3.61. The Morgan fingerprint density at radius 2 is 1.22 bits per heavy atom. The third-order valence-electron chi connectivity index (χ3n) is 7.64. The monoisotopic (exact) mass is 620 g/mol. The van der Waals surface area contributed by atoms with E-state index < -0.39 is 11.9 Å². The van der Waals surface area contributed by atoms with E-state index in [9.17, 15) is 14.4 Å². The number of rotatable bonds is 8. The van der Waals surface area contributed by atoms with Crippen molar-refractivity contribution in [3.63, 3.8) is 0 Å². The fraction of sp³-hybridized carbons (Fsp3) is 0.114. The smallest absolute Gasteiger partial charge is 0.343 e. The standard InChI is InChI=1S/C35H29ClN4O5/c1-21-30(33(41)39(37-21)26-10-6-4-7-11-26)32(31-22(2)38-40(34(31)42)27-12-8-5-9-13-27)24-16-19-28(29(20-24)44-3)45-35(43)23-14-17-25(36)18-15-23/h4-20,32,37-38H,1-3H3. The number of aromatic amines is 2. The van der Waals surface area contributed by atoms with Gasteiger partial charge in [-0.2, -0.15) is 0 Å². The average Bonchev–Trinajstić information content (AvgIpc) is 3.52. The van der Waals surface area contributed by atoms with Crippen LogP contribution in [0.3, 0.4) is 0 Å². The van der Waals surface area contributed by atoms with Crippen LogP contribution in [0.15, 0.2) is 113 Å². The second-order valence-electron chi connectivity index (χ2n) is 10.5. The molecule has 2 heterocycles. The number of halogens is 1. The summed E-state index contributed by atoms with van der Waals surface area (Å²) in [4.78, 5) is 41.1. The number of hydrogen-bond donors (Lipinski definition) is 2. The van der Waals surface area contributed by atoms with Gasteiger partial charge in [0.05, 0.1) is 35.2 Å². The Kier molecular flexibility index (Phi) is 8.02. The normalized spacial score (nSPS) is 11.1. The molecule has 0 aliphatic carbocycles. The van der Waals surface area contributed by atoms with Crippen LogP contribution < -0.4 is 20.6 Å². The van der Waals surface area contributed by atoms with Gasteiger partial charge < -0.3 is 9.47 Å². The summed E-state index contributed by atoms with van der Waals surface area (Å²) < 4.78 is 14.3. The summed E-state index contributed by atoms with van der Waals surface area (Å²) in [5.41, 5.74) is 3.61. The number of nitrogens with zero attached hydrogens (tertiary/aromatic N) is 2. The molecule has 9 nitrogen and oxygen atoms in total. The maximum Gasteiger partial charge on any atom is 0.343 e. The fourth-order valence-electron chi connectivity index (χ4n) is 5.49. The summed E-state index contributed by atoms with van der Waals surface area (Å²) in [6, 6.07) is 29.8. The largest absolute Gasteiger partial charge is 0.493 e. The van der Waals surface area contributed by atoms with Crippen LogP contribution in [0.25, 0.3) is 11.4 Å². The molecule has 6 aromatic rings. The first-order chi connectivity index (χ1) is 21.8. The first kappa shape index (κ1) is 29.5. The molecule has 0 saturated heterocycles. The minimum atomic E-state index is -0.803. The summed E-state index contributed by atoms with van der Waals surface area (Å²) >= 11 is 5.97. The minimum absolute atomic E-state index is 0.180. The van der Waals surface area contributed by atoms with Crippen LogP contribution in [-0.4, -0.2) is 32.6 Å². The molecular formula is C35H29ClN4O5. The molecule has 0 spiro atoms. The number of benzene rings is 4. The molecule has 0 aliphatic rings. The van der Waals surface area contributed by atoms with Crippen LogP contribution in [-0.2, 0) is 0 Å². The molecular weight excluding hydrogens is 592 g/mol. The van der Waals surface area contributed by atoms with Crippen LogP contribution in [0, 0.1) is 13.8 Å². The molecule has 45 heavy (non-hydrogen) atoms. The molecule has 0 aliphatic heterocycles. The lowest BCUT2D eigenvalue weighted by Gasteiger charge is -2.18. The van der Waals surface area contributed by atoms with Crippen molar-refractivity contribution in [2.24, 2.45) is 0 Å². The molecule has 226 valence electrons. The van der Waals surface area contributed by atoms with E-state index in [0.717, 1.165) is 0 Å². The second kappa shape index (κ2) is 12.2. The highest BCUT2D eigenvalue weighted by atomic mass is 35.5. The van der Waals surface area contributed by atoms with Gasteiger partial charge in [0, 0.05) is 22.3 Å². The minimum Gasteiger partial charge on any atom is -0.493 e. The number of carbonyl (C=O) groups is 1. The number of aromatic nitrogens is 4. The Morgan fingerprint density at radius 3 is 1.71 bits per heavy atom. The quantitative estimate of drug-likeness (QED) is 0.153. The van der Waals surface area contributed by atoms with E-state index in [-0.39, 0.29) is 22.6 Å². The van der Waals surface area contributed by atoms with Crippen LogP contribution in [0.1, 0.15) is 44.4 Å². The number of aryl methyl sites for hydroxylation is 2. The van der Waals surface area contributed by atoms with Crippen LogP contribution in [0.2, 0.25) is 5.02 Å². The number of esters is 1. The Hall–Kier alpha value is -5.54. The van der Waals surface area contributed by atoms with Gasteiger partial charge in [0.25, 0.3) is 11.1 Å². The number of hydrogen-bond acceptors (Lipinski definition) is 5. The predicted octanol–water partition coefficient (Wildman–Crippen LogP) is 6.32. The van der Waals surface area contributed by atoms with Crippen LogP contribution in [0.5, 0.6) is 11.5 Å². The zero-order valence-corrected chi connectivity index (χ0v) is 25.5. The molecule has 0 unspecified atom stereocenters. The van der Waals surface area contributed by atoms with Crippen molar-refractivity contribution < 1.29 is 14.3 Å². The molecule has 2 N–H and O–H groups in total. The van der Waals surface area contributed by atoms with Gasteiger partial charge in [-0.3, -0.25) is 19.8 Å². The van der Waals surface area contributed by atoms with Gasteiger partial charge in [0.1, 0.15) is 0 Å². The van der Waals surface area contributed by atoms with E-state index in [2.05, 4.69) is 10.2 Å². The number of ether oxygens (including phenoxy) is 2. The van der Waals surface area contributed by atoms with Crippen molar-refractivity contribution in [2.45, 2.75) is 19.8 Å². The van der Waals surface area contributed by atoms with Gasteiger partial charge in [0.2, 0.25) is 0 Å². The van der Waals surface area contributed by atoms with Crippen molar-refractivity contribution in [2.75, 3.05) is 7.11 Å². The zero-order chi connectivity index (χ0) is 31.7. The number of carbonyl (C=O) groups excluding carboxylic acids is 1. The van der Waals surface area contributed by atoms with E-state index in [1.165, 1.54) is 16.5 Å². The Labute approximate surface area is 263 Å². The van der Waals surface area contributed by atoms with Crippen molar-refractivity contribution >= 4 is 17.6 Å². The highest BCUT2D eigenvalue weighted by Crippen LogP contribution is 2.37. The SMILES string of the molecule is COc1cc(C(c2c(C)[nH]n(-c3ccccc3)c2=O)c2c(C)[nH]n(-c3ccccc3)c2=O)ccc1OC(=O)c1ccc(Cl)cc1. The van der Waals surface area contributed by atoms with E-state index >= 15 is 0 Å². The molecule has 0 saturated carbocycles. The van der Waals surface area contributed by atoms with Gasteiger partial charge in [-0.25, -0.2) is 14.2 Å². The second-order valence-corrected chi connectivity index (χ2v) is 10.9. The maximum absolute atomic E-state index is 14.1. The molecule has 0 fully saturated rings. The van der Waals surface area contributed by atoms with Gasteiger partial charge in [-0.05, 0) is 80.1 Å². The molecule has 0 amide bonds. The van der Waals surface area contributed by atoms with Crippen LogP contribution in [0.4, 0.5) is 0 Å². The van der Waals surface area contributed by atoms with Crippen molar-refractivity contribution in [1.82, 2.24) is 19.6 Å². The van der Waals surface area contributed by atoms with Gasteiger partial charge in [0.15, 0.2) is 11.5 Å². The Balaban J connectivity index is 1.51. The zero-order valence-electron chi connectivity index (χ0n) is 24.7. The number of nitrogens with one attached hydrogen (secondary N) is 2. The number of methoxy groups -OCH3 is 1. The van der Waals surface area contributed by atoms with Crippen molar-refractivity contribution in [1.29, 1.82) is 0 Å². The van der Waals surface area contributed by atoms with E-state index in [1.807, 2.05) is 60.7 Å². The summed E-state index contributed by atoms with van der Waals surface area (Å²) in [5.74, 6) is -0.955. The lowest BCUT2D eigenvalue weighted by molar-refractivity contribution is 0.0729. The number of para-hydroxylation sites is 2. The molecule has 10 heteroatoms. The Bertz CT molecular complexity index is 2010. The summed E-state index contributed by atoms with van der Waals surface area (Å²) in [7, 11) is 1.46. The highest BCUT2D eigenvalue weighted by molar-refractivity contribution is 6.30. The van der Waals surface area contributed by atoms with Gasteiger partial charge in [-0.15, -0.1) is 0 Å².